The predicted molar refractivity (Wildman–Crippen MR) is 82.0 cm³/mol. The van der Waals surface area contributed by atoms with Crippen molar-refractivity contribution < 1.29 is 4.74 Å². The second kappa shape index (κ2) is 5.77. The van der Waals surface area contributed by atoms with Gasteiger partial charge in [-0.1, -0.05) is 28.1 Å². The van der Waals surface area contributed by atoms with Crippen LogP contribution in [0, 0.1) is 0 Å². The maximum absolute atomic E-state index is 5.68. The maximum Gasteiger partial charge on any atom is 0.145 e. The molecule has 18 heavy (non-hydrogen) atoms. The van der Waals surface area contributed by atoms with Gasteiger partial charge in [0.25, 0.3) is 0 Å². The molecule has 0 unspecified atom stereocenters. The van der Waals surface area contributed by atoms with Crippen molar-refractivity contribution in [3.63, 3.8) is 0 Å². The third kappa shape index (κ3) is 3.28. The molecule has 0 bridgehead atoms. The Morgan fingerprint density at radius 3 is 2.56 bits per heavy atom. The molecule has 0 fully saturated rings. The fourth-order valence-corrected chi connectivity index (χ4v) is 2.52. The molecule has 92 valence electrons. The molecule has 0 aliphatic carbocycles. The molecule has 3 nitrogen and oxygen atoms in total. The first-order valence-electron chi connectivity index (χ1n) is 4.95. The summed E-state index contributed by atoms with van der Waals surface area (Å²) in [6.45, 7) is 0. The molecule has 1 heterocycles. The zero-order valence-electron chi connectivity index (χ0n) is 9.06. The van der Waals surface area contributed by atoms with Crippen molar-refractivity contribution in [1.82, 2.24) is 4.98 Å². The average molecular weight is 388 g/mol. The monoisotopic (exact) mass is 386 g/mol. The van der Waals surface area contributed by atoms with E-state index in [1.54, 1.807) is 18.3 Å². The zero-order valence-corrected chi connectivity index (χ0v) is 13.0. The number of rotatable bonds is 3. The number of halogens is 2. The van der Waals surface area contributed by atoms with E-state index < -0.39 is 0 Å². The van der Waals surface area contributed by atoms with Crippen molar-refractivity contribution in [1.29, 1.82) is 0 Å². The summed E-state index contributed by atoms with van der Waals surface area (Å²) >= 11 is 11.6. The smallest absolute Gasteiger partial charge is 0.145 e. The molecule has 0 spiro atoms. The Balaban J connectivity index is 2.21. The van der Waals surface area contributed by atoms with E-state index in [2.05, 4.69) is 36.8 Å². The van der Waals surface area contributed by atoms with Crippen molar-refractivity contribution in [3.8, 4) is 11.5 Å². The summed E-state index contributed by atoms with van der Waals surface area (Å²) in [7, 11) is 0. The molecule has 0 saturated heterocycles. The summed E-state index contributed by atoms with van der Waals surface area (Å²) in [4.78, 5) is 4.38. The highest BCUT2D eigenvalue weighted by Crippen LogP contribution is 2.31. The highest BCUT2D eigenvalue weighted by molar-refractivity contribution is 9.11. The fraction of sp³-hybridized carbons (Fsp3) is 0. The van der Waals surface area contributed by atoms with Gasteiger partial charge in [-0.2, -0.15) is 0 Å². The maximum atomic E-state index is 5.68. The number of hydrogen-bond acceptors (Lipinski definition) is 3. The Morgan fingerprint density at radius 1 is 1.22 bits per heavy atom. The first-order valence-corrected chi connectivity index (χ1v) is 6.94. The van der Waals surface area contributed by atoms with E-state index >= 15 is 0 Å². The molecule has 0 radical (unpaired) electrons. The lowest BCUT2D eigenvalue weighted by Crippen LogP contribution is -2.10. The van der Waals surface area contributed by atoms with Gasteiger partial charge in [0.15, 0.2) is 0 Å². The second-order valence-electron chi connectivity index (χ2n) is 3.42. The van der Waals surface area contributed by atoms with Gasteiger partial charge < -0.3 is 10.5 Å². The molecule has 0 saturated carbocycles. The van der Waals surface area contributed by atoms with Crippen LogP contribution >= 0.6 is 44.1 Å². The number of benzene rings is 1. The molecule has 0 atom stereocenters. The van der Waals surface area contributed by atoms with Crippen LogP contribution in [0.3, 0.4) is 0 Å². The van der Waals surface area contributed by atoms with E-state index in [4.69, 9.17) is 22.7 Å². The van der Waals surface area contributed by atoms with Crippen LogP contribution in [0.2, 0.25) is 0 Å². The number of nitrogens with zero attached hydrogens (tertiary/aromatic N) is 1. The summed E-state index contributed by atoms with van der Waals surface area (Å²) < 4.78 is 7.52. The highest BCUT2D eigenvalue weighted by Gasteiger charge is 2.04. The van der Waals surface area contributed by atoms with Crippen molar-refractivity contribution in [3.05, 3.63) is 51.2 Å². The molecule has 6 heteroatoms. The average Bonchev–Trinajstić information content (AvgIpc) is 2.33. The van der Waals surface area contributed by atoms with Crippen LogP contribution in [0.5, 0.6) is 11.5 Å². The standard InChI is InChI=1S/C12H8Br2N2OS/c13-7-1-4-11(9(14)5-7)17-8-2-3-10(12(15)18)16-6-8/h1-6H,(H2,15,18). The molecule has 2 N–H and O–H groups in total. The van der Waals surface area contributed by atoms with E-state index in [0.29, 0.717) is 17.2 Å². The van der Waals surface area contributed by atoms with Crippen LogP contribution in [0.15, 0.2) is 45.5 Å². The lowest BCUT2D eigenvalue weighted by Gasteiger charge is -2.08. The number of thiocarbonyl (C=S) groups is 1. The SMILES string of the molecule is NC(=S)c1ccc(Oc2ccc(Br)cc2Br)cn1. The molecular formula is C12H8Br2N2OS. The lowest BCUT2D eigenvalue weighted by molar-refractivity contribution is 0.477. The Bertz CT molecular complexity index is 587. The Kier molecular flexibility index (Phi) is 4.31. The van der Waals surface area contributed by atoms with E-state index in [-0.39, 0.29) is 4.99 Å². The third-order valence-electron chi connectivity index (χ3n) is 2.11. The predicted octanol–water partition coefficient (Wildman–Crippen LogP) is 4.03. The van der Waals surface area contributed by atoms with Crippen molar-refractivity contribution in [2.75, 3.05) is 0 Å². The van der Waals surface area contributed by atoms with Crippen LogP contribution in [-0.4, -0.2) is 9.97 Å². The van der Waals surface area contributed by atoms with Crippen LogP contribution in [0.1, 0.15) is 5.69 Å². The largest absolute Gasteiger partial charge is 0.455 e. The van der Waals surface area contributed by atoms with Gasteiger partial charge in [-0.3, -0.25) is 0 Å². The number of hydrogen-bond donors (Lipinski definition) is 1. The molecule has 0 aliphatic rings. The van der Waals surface area contributed by atoms with Gasteiger partial charge >= 0.3 is 0 Å². The molecule has 2 rings (SSSR count). The fourth-order valence-electron chi connectivity index (χ4n) is 1.27. The van der Waals surface area contributed by atoms with Gasteiger partial charge in [0.1, 0.15) is 16.5 Å². The zero-order chi connectivity index (χ0) is 13.1. The highest BCUT2D eigenvalue weighted by atomic mass is 79.9. The summed E-state index contributed by atoms with van der Waals surface area (Å²) in [6, 6.07) is 9.17. The van der Waals surface area contributed by atoms with E-state index in [9.17, 15) is 0 Å². The minimum atomic E-state index is 0.270. The van der Waals surface area contributed by atoms with Gasteiger partial charge in [-0.15, -0.1) is 0 Å². The molecule has 2 aromatic rings. The number of ether oxygens (including phenoxy) is 1. The van der Waals surface area contributed by atoms with Crippen LogP contribution in [0.25, 0.3) is 0 Å². The van der Waals surface area contributed by atoms with Gasteiger partial charge in [-0.05, 0) is 46.3 Å². The van der Waals surface area contributed by atoms with Crippen molar-refractivity contribution in [2.24, 2.45) is 5.73 Å². The first kappa shape index (κ1) is 13.5. The minimum absolute atomic E-state index is 0.270. The second-order valence-corrected chi connectivity index (χ2v) is 5.63. The summed E-state index contributed by atoms with van der Waals surface area (Å²) in [6.07, 6.45) is 1.59. The Hall–Kier alpha value is -0.980. The van der Waals surface area contributed by atoms with Gasteiger partial charge in [0.05, 0.1) is 16.4 Å². The minimum Gasteiger partial charge on any atom is -0.455 e. The summed E-state index contributed by atoms with van der Waals surface area (Å²) in [5, 5.41) is 0. The number of nitrogens with two attached hydrogens (primary N) is 1. The molecule has 1 aromatic heterocycles. The van der Waals surface area contributed by atoms with E-state index in [0.717, 1.165) is 8.95 Å². The van der Waals surface area contributed by atoms with Crippen LogP contribution in [-0.2, 0) is 0 Å². The van der Waals surface area contributed by atoms with Crippen molar-refractivity contribution in [2.45, 2.75) is 0 Å². The molecular weight excluding hydrogens is 380 g/mol. The summed E-state index contributed by atoms with van der Waals surface area (Å²) in [5.41, 5.74) is 6.05. The van der Waals surface area contributed by atoms with Crippen LogP contribution in [0.4, 0.5) is 0 Å². The first-order chi connectivity index (χ1) is 8.56. The summed E-state index contributed by atoms with van der Waals surface area (Å²) in [5.74, 6) is 1.33. The quantitative estimate of drug-likeness (QED) is 0.807. The van der Waals surface area contributed by atoms with Gasteiger partial charge in [0, 0.05) is 4.47 Å². The normalized spacial score (nSPS) is 10.1. The number of pyridine rings is 1. The Morgan fingerprint density at radius 2 is 2.00 bits per heavy atom. The number of aromatic nitrogens is 1. The van der Waals surface area contributed by atoms with Crippen LogP contribution < -0.4 is 10.5 Å². The van der Waals surface area contributed by atoms with Gasteiger partial charge in [-0.25, -0.2) is 4.98 Å². The third-order valence-corrected chi connectivity index (χ3v) is 3.43. The molecule has 1 aromatic carbocycles. The van der Waals surface area contributed by atoms with Crippen molar-refractivity contribution >= 4 is 49.1 Å². The molecule has 0 amide bonds. The van der Waals surface area contributed by atoms with E-state index in [1.807, 2.05) is 18.2 Å². The van der Waals surface area contributed by atoms with E-state index in [1.165, 1.54) is 0 Å². The molecule has 0 aliphatic heterocycles. The lowest BCUT2D eigenvalue weighted by atomic mass is 10.3. The topological polar surface area (TPSA) is 48.1 Å². The van der Waals surface area contributed by atoms with Gasteiger partial charge in [0.2, 0.25) is 0 Å². The Labute approximate surface area is 127 Å².